The van der Waals surface area contributed by atoms with Crippen LogP contribution < -0.4 is 15.4 Å². The molecule has 1 aliphatic heterocycles. The first-order valence-electron chi connectivity index (χ1n) is 12.1. The first-order valence-corrected chi connectivity index (χ1v) is 12.1. The summed E-state index contributed by atoms with van der Waals surface area (Å²) in [4.78, 5) is 26.9. The second kappa shape index (κ2) is 14.0. The lowest BCUT2D eigenvalue weighted by molar-refractivity contribution is -0.148. The Balaban J connectivity index is 1.85. The number of unbranched alkanes of at least 4 members (excludes halogenated alkanes) is 2. The number of hydrogen-bond donors (Lipinski definition) is 2. The SMILES string of the molecule is CNCC1(OC)CC(CNC(=O)CCCCC=CC(C)C)CCN1C(=O)Oc1ccccc1. The first-order chi connectivity index (χ1) is 15.9. The van der Waals surface area contributed by atoms with Crippen molar-refractivity contribution in [3.8, 4) is 5.75 Å². The molecule has 7 heteroatoms. The lowest BCUT2D eigenvalue weighted by Crippen LogP contribution is -2.63. The van der Waals surface area contributed by atoms with Gasteiger partial charge in [0.1, 0.15) is 5.75 Å². The highest BCUT2D eigenvalue weighted by Crippen LogP contribution is 2.33. The van der Waals surface area contributed by atoms with Crippen molar-refractivity contribution in [1.29, 1.82) is 0 Å². The maximum Gasteiger partial charge on any atom is 0.417 e. The zero-order valence-corrected chi connectivity index (χ0v) is 20.6. The van der Waals surface area contributed by atoms with Crippen LogP contribution in [0, 0.1) is 11.8 Å². The van der Waals surface area contributed by atoms with Crippen molar-refractivity contribution >= 4 is 12.0 Å². The Morgan fingerprint density at radius 1 is 1.24 bits per heavy atom. The van der Waals surface area contributed by atoms with Gasteiger partial charge in [-0.2, -0.15) is 0 Å². The molecular formula is C26H41N3O4. The van der Waals surface area contributed by atoms with Gasteiger partial charge in [-0.1, -0.05) is 44.2 Å². The molecule has 1 fully saturated rings. The van der Waals surface area contributed by atoms with Gasteiger partial charge in [0, 0.05) is 39.6 Å². The molecule has 0 aromatic heterocycles. The maximum atomic E-state index is 12.9. The van der Waals surface area contributed by atoms with Crippen LogP contribution in [0.1, 0.15) is 52.4 Å². The van der Waals surface area contributed by atoms with E-state index in [0.29, 0.717) is 44.1 Å². The van der Waals surface area contributed by atoms with Crippen LogP contribution in [0.25, 0.3) is 0 Å². The second-order valence-electron chi connectivity index (χ2n) is 9.09. The minimum atomic E-state index is -0.822. The number of amides is 2. The number of methoxy groups -OCH3 is 1. The van der Waals surface area contributed by atoms with E-state index in [0.717, 1.165) is 25.7 Å². The summed E-state index contributed by atoms with van der Waals surface area (Å²) in [7, 11) is 3.46. The number of nitrogens with zero attached hydrogens (tertiary/aromatic N) is 1. The van der Waals surface area contributed by atoms with Crippen LogP contribution in [0.15, 0.2) is 42.5 Å². The molecule has 184 valence electrons. The molecule has 0 spiro atoms. The average Bonchev–Trinajstić information content (AvgIpc) is 2.80. The summed E-state index contributed by atoms with van der Waals surface area (Å²) in [5.41, 5.74) is -0.822. The molecule has 7 nitrogen and oxygen atoms in total. The number of allylic oxidation sites excluding steroid dienone is 2. The summed E-state index contributed by atoms with van der Waals surface area (Å²) in [6.45, 7) is 5.89. The Morgan fingerprint density at radius 2 is 2.00 bits per heavy atom. The van der Waals surface area contributed by atoms with Crippen LogP contribution >= 0.6 is 0 Å². The summed E-state index contributed by atoms with van der Waals surface area (Å²) in [6, 6.07) is 9.05. The molecule has 1 aromatic rings. The Hall–Kier alpha value is -2.38. The molecule has 1 aromatic carbocycles. The van der Waals surface area contributed by atoms with Crippen molar-refractivity contribution in [2.45, 2.75) is 58.1 Å². The highest BCUT2D eigenvalue weighted by Gasteiger charge is 2.45. The van der Waals surface area contributed by atoms with Gasteiger partial charge in [-0.25, -0.2) is 4.79 Å². The van der Waals surface area contributed by atoms with Crippen LogP contribution in [0.4, 0.5) is 4.79 Å². The number of rotatable bonds is 12. The zero-order chi connectivity index (χ0) is 24.1. The Kier molecular flexibility index (Phi) is 11.4. The van der Waals surface area contributed by atoms with E-state index in [1.807, 2.05) is 25.2 Å². The molecule has 0 bridgehead atoms. The van der Waals surface area contributed by atoms with Gasteiger partial charge in [0.2, 0.25) is 5.91 Å². The van der Waals surface area contributed by atoms with Crippen molar-refractivity contribution in [2.24, 2.45) is 11.8 Å². The molecule has 33 heavy (non-hydrogen) atoms. The molecule has 2 rings (SSSR count). The fourth-order valence-electron chi connectivity index (χ4n) is 4.23. The van der Waals surface area contributed by atoms with Crippen LogP contribution in [-0.2, 0) is 9.53 Å². The van der Waals surface area contributed by atoms with Crippen molar-refractivity contribution in [2.75, 3.05) is 33.8 Å². The quantitative estimate of drug-likeness (QED) is 0.359. The van der Waals surface area contributed by atoms with Gasteiger partial charge in [-0.05, 0) is 56.7 Å². The number of piperidine rings is 1. The number of ether oxygens (including phenoxy) is 2. The molecular weight excluding hydrogens is 418 g/mol. The van der Waals surface area contributed by atoms with Gasteiger partial charge >= 0.3 is 6.09 Å². The molecule has 1 saturated heterocycles. The van der Waals surface area contributed by atoms with Crippen molar-refractivity contribution in [3.05, 3.63) is 42.5 Å². The standard InChI is InChI=1S/C26H41N3O4/c1-21(2)12-8-5-6-11-15-24(30)28-19-22-16-17-29(26(18-22,32-4)20-27-3)25(31)33-23-13-9-7-10-14-23/h7-10,12-14,21-22,27H,5-6,11,15-20H2,1-4H3,(H,28,30). The van der Waals surface area contributed by atoms with Crippen molar-refractivity contribution < 1.29 is 19.1 Å². The molecule has 2 amide bonds. The zero-order valence-electron chi connectivity index (χ0n) is 20.6. The number of likely N-dealkylation sites (N-methyl/N-ethyl adjacent to an activating group) is 1. The number of para-hydroxylation sites is 1. The number of likely N-dealkylation sites (tertiary alicyclic amines) is 1. The largest absolute Gasteiger partial charge is 0.417 e. The smallest absolute Gasteiger partial charge is 0.410 e. The van der Waals surface area contributed by atoms with Gasteiger partial charge in [0.05, 0.1) is 0 Å². The van der Waals surface area contributed by atoms with Gasteiger partial charge in [0.25, 0.3) is 0 Å². The third-order valence-corrected chi connectivity index (χ3v) is 6.00. The predicted molar refractivity (Wildman–Crippen MR) is 131 cm³/mol. The summed E-state index contributed by atoms with van der Waals surface area (Å²) >= 11 is 0. The van der Waals surface area contributed by atoms with E-state index >= 15 is 0 Å². The molecule has 0 aliphatic carbocycles. The number of carbonyl (C=O) groups excluding carboxylic acids is 2. The molecule has 1 aliphatic rings. The average molecular weight is 460 g/mol. The molecule has 2 atom stereocenters. The van der Waals surface area contributed by atoms with Crippen LogP contribution in [0.5, 0.6) is 5.75 Å². The van der Waals surface area contributed by atoms with Gasteiger partial charge < -0.3 is 20.1 Å². The van der Waals surface area contributed by atoms with Gasteiger partial charge in [-0.3, -0.25) is 9.69 Å². The van der Waals surface area contributed by atoms with E-state index in [1.54, 1.807) is 24.1 Å². The fraction of sp³-hybridized carbons (Fsp3) is 0.615. The molecule has 1 heterocycles. The first kappa shape index (κ1) is 26.9. The molecule has 2 N–H and O–H groups in total. The molecule has 2 unspecified atom stereocenters. The van der Waals surface area contributed by atoms with E-state index in [9.17, 15) is 9.59 Å². The molecule has 0 saturated carbocycles. The van der Waals surface area contributed by atoms with Crippen LogP contribution in [-0.4, -0.2) is 56.4 Å². The topological polar surface area (TPSA) is 79.9 Å². The third-order valence-electron chi connectivity index (χ3n) is 6.00. The highest BCUT2D eigenvalue weighted by molar-refractivity contribution is 5.75. The third kappa shape index (κ3) is 8.82. The number of carbonyl (C=O) groups is 2. The monoisotopic (exact) mass is 459 g/mol. The number of nitrogens with one attached hydrogen (secondary N) is 2. The molecule has 0 radical (unpaired) electrons. The van der Waals surface area contributed by atoms with E-state index in [-0.39, 0.29) is 11.8 Å². The van der Waals surface area contributed by atoms with Gasteiger partial charge in [0.15, 0.2) is 5.72 Å². The lowest BCUT2D eigenvalue weighted by Gasteiger charge is -2.47. The van der Waals surface area contributed by atoms with Crippen molar-refractivity contribution in [3.63, 3.8) is 0 Å². The highest BCUT2D eigenvalue weighted by atomic mass is 16.6. The summed E-state index contributed by atoms with van der Waals surface area (Å²) < 4.78 is 11.5. The fourth-order valence-corrected chi connectivity index (χ4v) is 4.23. The summed E-state index contributed by atoms with van der Waals surface area (Å²) in [5.74, 6) is 1.38. The maximum absolute atomic E-state index is 12.9. The van der Waals surface area contributed by atoms with E-state index in [2.05, 4.69) is 36.6 Å². The normalized spacial score (nSPS) is 20.9. The van der Waals surface area contributed by atoms with E-state index in [4.69, 9.17) is 9.47 Å². The second-order valence-corrected chi connectivity index (χ2v) is 9.09. The van der Waals surface area contributed by atoms with Crippen molar-refractivity contribution in [1.82, 2.24) is 15.5 Å². The lowest BCUT2D eigenvalue weighted by atomic mass is 9.87. The van der Waals surface area contributed by atoms with Gasteiger partial charge in [-0.15, -0.1) is 0 Å². The Labute approximate surface area is 198 Å². The predicted octanol–water partition coefficient (Wildman–Crippen LogP) is 4.35. The van der Waals surface area contributed by atoms with E-state index < -0.39 is 11.8 Å². The van der Waals surface area contributed by atoms with Crippen LogP contribution in [0.2, 0.25) is 0 Å². The van der Waals surface area contributed by atoms with Crippen LogP contribution in [0.3, 0.4) is 0 Å². The minimum absolute atomic E-state index is 0.0883. The van der Waals surface area contributed by atoms with E-state index in [1.165, 1.54) is 0 Å². The summed E-state index contributed by atoms with van der Waals surface area (Å²) in [5, 5.41) is 6.23. The summed E-state index contributed by atoms with van der Waals surface area (Å²) in [6.07, 6.45) is 8.85. The number of hydrogen-bond acceptors (Lipinski definition) is 5. The Bertz CT molecular complexity index is 753. The Morgan fingerprint density at radius 3 is 2.67 bits per heavy atom. The number of benzene rings is 1. The minimum Gasteiger partial charge on any atom is -0.410 e.